The predicted molar refractivity (Wildman–Crippen MR) is 118 cm³/mol. The number of aromatic nitrogens is 2. The largest absolute Gasteiger partial charge is 0.444 e. The highest BCUT2D eigenvalue weighted by Gasteiger charge is 2.19. The molecule has 1 aromatic carbocycles. The Hall–Kier alpha value is -1.64. The summed E-state index contributed by atoms with van der Waals surface area (Å²) in [5.74, 6) is 2.14. The van der Waals surface area contributed by atoms with E-state index >= 15 is 0 Å². The lowest BCUT2D eigenvalue weighted by atomic mass is 9.94. The second kappa shape index (κ2) is 9.24. The Labute approximate surface area is 181 Å². The number of thiazole rings is 1. The molecule has 5 nitrogen and oxygen atoms in total. The Morgan fingerprint density at radius 3 is 2.64 bits per heavy atom. The van der Waals surface area contributed by atoms with E-state index in [0.717, 1.165) is 26.4 Å². The molecule has 0 fully saturated rings. The highest BCUT2D eigenvalue weighted by Crippen LogP contribution is 2.31. The van der Waals surface area contributed by atoms with Gasteiger partial charge in [0, 0.05) is 10.7 Å². The molecule has 148 valence electrons. The van der Waals surface area contributed by atoms with Gasteiger partial charge in [-0.3, -0.25) is 4.79 Å². The molecule has 2 aromatic heterocycles. The van der Waals surface area contributed by atoms with E-state index in [0.29, 0.717) is 23.2 Å². The third kappa shape index (κ3) is 5.68. The summed E-state index contributed by atoms with van der Waals surface area (Å²) in [5.41, 5.74) is 2.08. The van der Waals surface area contributed by atoms with E-state index in [-0.39, 0.29) is 11.3 Å². The molecule has 0 saturated carbocycles. The average molecular weight is 480 g/mol. The van der Waals surface area contributed by atoms with Crippen LogP contribution in [0, 0.1) is 0 Å². The summed E-state index contributed by atoms with van der Waals surface area (Å²) in [6, 6.07) is 7.91. The number of rotatable bonds is 7. The van der Waals surface area contributed by atoms with Gasteiger partial charge >= 0.3 is 0 Å². The number of carbonyl (C=O) groups is 1. The van der Waals surface area contributed by atoms with Crippen LogP contribution in [0.4, 0.5) is 5.13 Å². The van der Waals surface area contributed by atoms with Gasteiger partial charge in [0.15, 0.2) is 5.13 Å². The van der Waals surface area contributed by atoms with Crippen molar-refractivity contribution in [1.82, 2.24) is 9.97 Å². The number of thioether (sulfide) groups is 1. The first-order valence-corrected chi connectivity index (χ1v) is 11.7. The predicted octanol–water partition coefficient (Wildman–Crippen LogP) is 5.80. The number of amides is 1. The Morgan fingerprint density at radius 2 is 1.96 bits per heavy atom. The molecule has 0 atom stereocenters. The van der Waals surface area contributed by atoms with Gasteiger partial charge in [-0.2, -0.15) is 0 Å². The summed E-state index contributed by atoms with van der Waals surface area (Å²) in [7, 11) is 0. The monoisotopic (exact) mass is 479 g/mol. The van der Waals surface area contributed by atoms with Gasteiger partial charge in [-0.25, -0.2) is 9.97 Å². The topological polar surface area (TPSA) is 68.0 Å². The molecule has 0 bridgehead atoms. The maximum absolute atomic E-state index is 12.3. The second-order valence-corrected chi connectivity index (χ2v) is 10.1. The molecule has 0 radical (unpaired) electrons. The number of oxazole rings is 1. The zero-order chi connectivity index (χ0) is 20.1. The number of carbonyl (C=O) groups excluding carboxylic acids is 1. The number of nitrogens with zero attached hydrogens (tertiary/aromatic N) is 2. The molecule has 0 aliphatic heterocycles. The Bertz CT molecular complexity index is 947. The molecule has 0 aliphatic carbocycles. The minimum Gasteiger partial charge on any atom is -0.444 e. The number of benzene rings is 1. The minimum absolute atomic E-state index is 0.0503. The van der Waals surface area contributed by atoms with Crippen molar-refractivity contribution in [2.45, 2.75) is 47.9 Å². The van der Waals surface area contributed by atoms with Crippen LogP contribution in [0.15, 0.2) is 45.3 Å². The molecule has 3 rings (SSSR count). The maximum Gasteiger partial charge on any atom is 0.230 e. The van der Waals surface area contributed by atoms with Crippen molar-refractivity contribution in [1.29, 1.82) is 0 Å². The van der Waals surface area contributed by atoms with Crippen molar-refractivity contribution in [2.75, 3.05) is 5.32 Å². The van der Waals surface area contributed by atoms with Gasteiger partial charge < -0.3 is 9.73 Å². The number of halogens is 1. The van der Waals surface area contributed by atoms with Crippen LogP contribution in [0.5, 0.6) is 0 Å². The summed E-state index contributed by atoms with van der Waals surface area (Å²) < 4.78 is 6.81. The van der Waals surface area contributed by atoms with Crippen LogP contribution in [0.3, 0.4) is 0 Å². The van der Waals surface area contributed by atoms with Crippen molar-refractivity contribution in [3.05, 3.63) is 59.4 Å². The fraction of sp³-hybridized carbons (Fsp3) is 0.350. The van der Waals surface area contributed by atoms with E-state index in [1.165, 1.54) is 11.3 Å². The maximum atomic E-state index is 12.3. The Balaban J connectivity index is 1.54. The summed E-state index contributed by atoms with van der Waals surface area (Å²) in [6.45, 7) is 6.29. The molecule has 0 spiro atoms. The third-order valence-electron chi connectivity index (χ3n) is 3.97. The van der Waals surface area contributed by atoms with Gasteiger partial charge in [0.2, 0.25) is 11.8 Å². The number of alkyl halides is 1. The van der Waals surface area contributed by atoms with Gasteiger partial charge in [-0.05, 0) is 11.1 Å². The van der Waals surface area contributed by atoms with Crippen molar-refractivity contribution < 1.29 is 9.21 Å². The van der Waals surface area contributed by atoms with Crippen LogP contribution in [-0.2, 0) is 27.7 Å². The summed E-state index contributed by atoms with van der Waals surface area (Å²) in [5, 5.41) is 4.22. The lowest BCUT2D eigenvalue weighted by Gasteiger charge is -2.12. The van der Waals surface area contributed by atoms with Gasteiger partial charge in [0.1, 0.15) is 5.76 Å². The van der Waals surface area contributed by atoms with Gasteiger partial charge in [0.05, 0.1) is 28.8 Å². The number of hydrogen-bond acceptors (Lipinski definition) is 6. The average Bonchev–Trinajstić information content (AvgIpc) is 3.29. The molecule has 0 unspecified atom stereocenters. The van der Waals surface area contributed by atoms with E-state index in [1.54, 1.807) is 24.2 Å². The molecular weight excluding hydrogens is 458 g/mol. The zero-order valence-corrected chi connectivity index (χ0v) is 19.2. The van der Waals surface area contributed by atoms with Gasteiger partial charge in [-0.1, -0.05) is 72.3 Å². The highest BCUT2D eigenvalue weighted by molar-refractivity contribution is 9.08. The van der Waals surface area contributed by atoms with E-state index in [9.17, 15) is 4.79 Å². The summed E-state index contributed by atoms with van der Waals surface area (Å²) in [6.07, 6.45) is 3.89. The van der Waals surface area contributed by atoms with Crippen LogP contribution >= 0.6 is 39.0 Å². The molecule has 2 heterocycles. The number of hydrogen-bond donors (Lipinski definition) is 1. The van der Waals surface area contributed by atoms with E-state index in [1.807, 2.05) is 24.3 Å². The van der Waals surface area contributed by atoms with Crippen molar-refractivity contribution >= 4 is 50.1 Å². The molecule has 1 N–H and O–H groups in total. The first-order chi connectivity index (χ1) is 13.3. The normalized spacial score (nSPS) is 11.6. The van der Waals surface area contributed by atoms with Crippen LogP contribution < -0.4 is 5.32 Å². The fourth-order valence-electron chi connectivity index (χ4n) is 2.44. The van der Waals surface area contributed by atoms with Crippen LogP contribution in [-0.4, -0.2) is 15.9 Å². The third-order valence-corrected chi connectivity index (χ3v) is 6.67. The standard InChI is InChI=1S/C20H22BrN3O2S2/c1-20(2,3)15-10-22-17(26-15)12-27-18-11-23-19(28-18)24-16(25)8-13-6-4-5-7-14(13)9-21/h4-7,10-11H,8-9,12H2,1-3H3,(H,23,24,25). The first-order valence-electron chi connectivity index (χ1n) is 8.81. The summed E-state index contributed by atoms with van der Waals surface area (Å²) >= 11 is 6.51. The molecule has 8 heteroatoms. The van der Waals surface area contributed by atoms with Crippen molar-refractivity contribution in [3.63, 3.8) is 0 Å². The molecule has 0 saturated heterocycles. The smallest absolute Gasteiger partial charge is 0.230 e. The SMILES string of the molecule is CC(C)(C)c1cnc(CSc2cnc(NC(=O)Cc3ccccc3CBr)s2)o1. The van der Waals surface area contributed by atoms with Gasteiger partial charge in [-0.15, -0.1) is 11.8 Å². The fourth-order valence-corrected chi connectivity index (χ4v) is 4.73. The van der Waals surface area contributed by atoms with E-state index in [4.69, 9.17) is 4.42 Å². The second-order valence-electron chi connectivity index (χ2n) is 7.27. The lowest BCUT2D eigenvalue weighted by Crippen LogP contribution is -2.15. The number of nitrogens with one attached hydrogen (secondary N) is 1. The first kappa shape index (κ1) is 21.1. The number of anilines is 1. The lowest BCUT2D eigenvalue weighted by molar-refractivity contribution is -0.115. The van der Waals surface area contributed by atoms with Crippen LogP contribution in [0.25, 0.3) is 0 Å². The molecule has 1 amide bonds. The van der Waals surface area contributed by atoms with Crippen molar-refractivity contribution in [2.24, 2.45) is 0 Å². The van der Waals surface area contributed by atoms with E-state index in [2.05, 4.69) is 52.0 Å². The van der Waals surface area contributed by atoms with Gasteiger partial charge in [0.25, 0.3) is 0 Å². The van der Waals surface area contributed by atoms with E-state index < -0.39 is 0 Å². The Morgan fingerprint density at radius 1 is 1.21 bits per heavy atom. The van der Waals surface area contributed by atoms with Crippen LogP contribution in [0.1, 0.15) is 43.5 Å². The summed E-state index contributed by atoms with van der Waals surface area (Å²) in [4.78, 5) is 21.0. The Kier molecular flexibility index (Phi) is 6.95. The molecule has 0 aliphatic rings. The molecular formula is C20H22BrN3O2S2. The van der Waals surface area contributed by atoms with Crippen molar-refractivity contribution in [3.8, 4) is 0 Å². The zero-order valence-electron chi connectivity index (χ0n) is 16.0. The van der Waals surface area contributed by atoms with Crippen LogP contribution in [0.2, 0.25) is 0 Å². The highest BCUT2D eigenvalue weighted by atomic mass is 79.9. The minimum atomic E-state index is -0.0678. The molecule has 28 heavy (non-hydrogen) atoms. The molecule has 3 aromatic rings. The quantitative estimate of drug-likeness (QED) is 0.342.